The lowest BCUT2D eigenvalue weighted by atomic mass is 10.0. The molecular formula is C22H22F3N3. The van der Waals surface area contributed by atoms with Gasteiger partial charge in [-0.05, 0) is 68.5 Å². The SMILES string of the molecule is Cc1ccc(-n2nc(-c3cccc(C(F)(F)F)c3)c3c2NCCCC3)cc1C. The van der Waals surface area contributed by atoms with E-state index in [2.05, 4.69) is 18.3 Å². The van der Waals surface area contributed by atoms with Crippen LogP contribution < -0.4 is 5.32 Å². The summed E-state index contributed by atoms with van der Waals surface area (Å²) in [6.07, 6.45) is -1.59. The van der Waals surface area contributed by atoms with E-state index in [-0.39, 0.29) is 0 Å². The Bertz CT molecular complexity index is 1020. The zero-order valence-corrected chi connectivity index (χ0v) is 15.9. The molecule has 0 unspecified atom stereocenters. The summed E-state index contributed by atoms with van der Waals surface area (Å²) in [6.45, 7) is 4.92. The summed E-state index contributed by atoms with van der Waals surface area (Å²) in [6, 6.07) is 11.5. The van der Waals surface area contributed by atoms with Crippen molar-refractivity contribution in [3.63, 3.8) is 0 Å². The second-order valence-electron chi connectivity index (χ2n) is 7.32. The minimum absolute atomic E-state index is 0.498. The first-order valence-electron chi connectivity index (χ1n) is 9.45. The first-order valence-corrected chi connectivity index (χ1v) is 9.45. The van der Waals surface area contributed by atoms with Gasteiger partial charge in [-0.1, -0.05) is 18.2 Å². The molecule has 0 saturated carbocycles. The zero-order chi connectivity index (χ0) is 19.9. The van der Waals surface area contributed by atoms with Crippen molar-refractivity contribution in [2.75, 3.05) is 11.9 Å². The summed E-state index contributed by atoms with van der Waals surface area (Å²) in [7, 11) is 0. The van der Waals surface area contributed by atoms with Crippen LogP contribution in [0.4, 0.5) is 19.0 Å². The molecule has 1 aromatic heterocycles. The Kier molecular flexibility index (Phi) is 4.65. The van der Waals surface area contributed by atoms with E-state index in [1.54, 1.807) is 6.07 Å². The predicted molar refractivity (Wildman–Crippen MR) is 105 cm³/mol. The highest BCUT2D eigenvalue weighted by Crippen LogP contribution is 2.37. The summed E-state index contributed by atoms with van der Waals surface area (Å²) in [5, 5.41) is 8.19. The molecule has 0 spiro atoms. The molecule has 4 rings (SSSR count). The summed E-state index contributed by atoms with van der Waals surface area (Å²) >= 11 is 0. The van der Waals surface area contributed by atoms with Gasteiger partial charge in [-0.2, -0.15) is 18.3 Å². The molecule has 1 aliphatic heterocycles. The van der Waals surface area contributed by atoms with Crippen LogP contribution >= 0.6 is 0 Å². The van der Waals surface area contributed by atoms with Crippen molar-refractivity contribution in [2.45, 2.75) is 39.3 Å². The predicted octanol–water partition coefficient (Wildman–Crippen LogP) is 5.92. The van der Waals surface area contributed by atoms with Crippen LogP contribution in [0.15, 0.2) is 42.5 Å². The van der Waals surface area contributed by atoms with Gasteiger partial charge in [0, 0.05) is 17.7 Å². The Morgan fingerprint density at radius 3 is 2.57 bits per heavy atom. The van der Waals surface area contributed by atoms with Gasteiger partial charge in [0.15, 0.2) is 0 Å². The van der Waals surface area contributed by atoms with Crippen LogP contribution in [-0.4, -0.2) is 16.3 Å². The zero-order valence-electron chi connectivity index (χ0n) is 15.9. The van der Waals surface area contributed by atoms with Crippen LogP contribution in [0.2, 0.25) is 0 Å². The Labute approximate surface area is 162 Å². The fourth-order valence-electron chi connectivity index (χ4n) is 3.62. The molecule has 0 bridgehead atoms. The standard InChI is InChI=1S/C22H22F3N3/c1-14-9-10-18(12-15(14)2)28-21-19(8-3-4-11-26-21)20(27-28)16-6-5-7-17(13-16)22(23,24)25/h5-7,9-10,12-13,26H,3-4,8,11H2,1-2H3. The molecule has 2 heterocycles. The van der Waals surface area contributed by atoms with Crippen molar-refractivity contribution in [2.24, 2.45) is 0 Å². The number of rotatable bonds is 2. The smallest absolute Gasteiger partial charge is 0.370 e. The van der Waals surface area contributed by atoms with Crippen LogP contribution in [0.1, 0.15) is 35.1 Å². The normalized spacial score (nSPS) is 14.3. The van der Waals surface area contributed by atoms with E-state index < -0.39 is 11.7 Å². The van der Waals surface area contributed by atoms with E-state index >= 15 is 0 Å². The molecule has 3 aromatic rings. The van der Waals surface area contributed by atoms with E-state index in [1.807, 2.05) is 23.7 Å². The molecule has 6 heteroatoms. The summed E-state index contributed by atoms with van der Waals surface area (Å²) < 4.78 is 41.4. The molecule has 0 amide bonds. The average molecular weight is 385 g/mol. The van der Waals surface area contributed by atoms with Gasteiger partial charge in [0.2, 0.25) is 0 Å². The topological polar surface area (TPSA) is 29.9 Å². The molecule has 1 aliphatic rings. The fourth-order valence-corrected chi connectivity index (χ4v) is 3.62. The van der Waals surface area contributed by atoms with Crippen LogP contribution in [-0.2, 0) is 12.6 Å². The third-order valence-corrected chi connectivity index (χ3v) is 5.33. The largest absolute Gasteiger partial charge is 0.416 e. The van der Waals surface area contributed by atoms with Crippen molar-refractivity contribution in [3.8, 4) is 16.9 Å². The second kappa shape index (κ2) is 7.00. The number of alkyl halides is 3. The number of hydrogen-bond donors (Lipinski definition) is 1. The van der Waals surface area contributed by atoms with Crippen molar-refractivity contribution < 1.29 is 13.2 Å². The summed E-state index contributed by atoms with van der Waals surface area (Å²) in [4.78, 5) is 0. The third-order valence-electron chi connectivity index (χ3n) is 5.33. The molecule has 28 heavy (non-hydrogen) atoms. The molecule has 0 fully saturated rings. The number of anilines is 1. The molecule has 2 aromatic carbocycles. The Morgan fingerprint density at radius 1 is 1.00 bits per heavy atom. The van der Waals surface area contributed by atoms with Crippen molar-refractivity contribution >= 4 is 5.82 Å². The highest BCUT2D eigenvalue weighted by atomic mass is 19.4. The van der Waals surface area contributed by atoms with Gasteiger partial charge < -0.3 is 5.32 Å². The van der Waals surface area contributed by atoms with Crippen LogP contribution in [0.5, 0.6) is 0 Å². The van der Waals surface area contributed by atoms with E-state index in [9.17, 15) is 13.2 Å². The van der Waals surface area contributed by atoms with Crippen LogP contribution in [0.3, 0.4) is 0 Å². The summed E-state index contributed by atoms with van der Waals surface area (Å²) in [5.41, 5.74) is 4.69. The number of nitrogens with one attached hydrogen (secondary N) is 1. The van der Waals surface area contributed by atoms with Gasteiger partial charge in [0.1, 0.15) is 5.82 Å². The van der Waals surface area contributed by atoms with E-state index in [0.29, 0.717) is 11.3 Å². The minimum atomic E-state index is -4.37. The maximum absolute atomic E-state index is 13.2. The average Bonchev–Trinajstić information content (AvgIpc) is 2.84. The van der Waals surface area contributed by atoms with Crippen molar-refractivity contribution in [1.82, 2.24) is 9.78 Å². The molecule has 146 valence electrons. The molecule has 0 radical (unpaired) electrons. The van der Waals surface area contributed by atoms with Gasteiger partial charge in [-0.3, -0.25) is 0 Å². The lowest BCUT2D eigenvalue weighted by Crippen LogP contribution is -2.07. The Morgan fingerprint density at radius 2 is 1.82 bits per heavy atom. The van der Waals surface area contributed by atoms with Crippen molar-refractivity contribution in [3.05, 3.63) is 64.7 Å². The maximum atomic E-state index is 13.2. The first kappa shape index (κ1) is 18.6. The van der Waals surface area contributed by atoms with Gasteiger partial charge in [0.05, 0.1) is 16.9 Å². The highest BCUT2D eigenvalue weighted by molar-refractivity contribution is 5.72. The lowest BCUT2D eigenvalue weighted by Gasteiger charge is -2.10. The van der Waals surface area contributed by atoms with E-state index in [1.165, 1.54) is 17.7 Å². The number of aromatic nitrogens is 2. The molecule has 0 aliphatic carbocycles. The summed E-state index contributed by atoms with van der Waals surface area (Å²) in [5.74, 6) is 0.883. The van der Waals surface area contributed by atoms with E-state index in [0.717, 1.165) is 54.5 Å². The minimum Gasteiger partial charge on any atom is -0.370 e. The fraction of sp³-hybridized carbons (Fsp3) is 0.318. The molecule has 0 atom stereocenters. The number of benzene rings is 2. The maximum Gasteiger partial charge on any atom is 0.416 e. The van der Waals surface area contributed by atoms with Gasteiger partial charge in [-0.15, -0.1) is 0 Å². The van der Waals surface area contributed by atoms with E-state index in [4.69, 9.17) is 5.10 Å². The monoisotopic (exact) mass is 385 g/mol. The third kappa shape index (κ3) is 3.39. The number of aryl methyl sites for hydroxylation is 2. The number of hydrogen-bond acceptors (Lipinski definition) is 2. The highest BCUT2D eigenvalue weighted by Gasteiger charge is 2.31. The second-order valence-corrected chi connectivity index (χ2v) is 7.32. The number of halogens is 3. The first-order chi connectivity index (χ1) is 13.3. The Hall–Kier alpha value is -2.76. The van der Waals surface area contributed by atoms with Gasteiger partial charge in [-0.25, -0.2) is 4.68 Å². The number of fused-ring (bicyclic) bond motifs is 1. The molecule has 3 nitrogen and oxygen atoms in total. The van der Waals surface area contributed by atoms with Gasteiger partial charge >= 0.3 is 6.18 Å². The van der Waals surface area contributed by atoms with Crippen molar-refractivity contribution in [1.29, 1.82) is 0 Å². The van der Waals surface area contributed by atoms with Crippen LogP contribution in [0.25, 0.3) is 16.9 Å². The van der Waals surface area contributed by atoms with Crippen LogP contribution in [0, 0.1) is 13.8 Å². The Balaban J connectivity index is 1.89. The molecule has 1 N–H and O–H groups in total. The van der Waals surface area contributed by atoms with Gasteiger partial charge in [0.25, 0.3) is 0 Å². The lowest BCUT2D eigenvalue weighted by molar-refractivity contribution is -0.137. The molecule has 0 saturated heterocycles. The number of nitrogens with zero attached hydrogens (tertiary/aromatic N) is 2. The quantitative estimate of drug-likeness (QED) is 0.593. The molecular weight excluding hydrogens is 363 g/mol.